The lowest BCUT2D eigenvalue weighted by Crippen LogP contribution is -2.38. The van der Waals surface area contributed by atoms with Crippen LogP contribution in [-0.4, -0.2) is 35.9 Å². The van der Waals surface area contributed by atoms with E-state index in [1.165, 1.54) is 14.0 Å². The summed E-state index contributed by atoms with van der Waals surface area (Å²) in [5, 5.41) is -0.625. The minimum atomic E-state index is -0.716. The highest BCUT2D eigenvalue weighted by atomic mass is 35.5. The molecule has 5 heteroatoms. The van der Waals surface area contributed by atoms with Crippen LogP contribution in [0.2, 0.25) is 0 Å². The third kappa shape index (κ3) is 3.81. The van der Waals surface area contributed by atoms with E-state index in [0.29, 0.717) is 0 Å². The van der Waals surface area contributed by atoms with Gasteiger partial charge in [-0.2, -0.15) is 0 Å². The van der Waals surface area contributed by atoms with Crippen molar-refractivity contribution in [3.05, 3.63) is 0 Å². The quantitative estimate of drug-likeness (QED) is 0.505. The highest BCUT2D eigenvalue weighted by Crippen LogP contribution is 2.02. The van der Waals surface area contributed by atoms with E-state index in [4.69, 9.17) is 18.0 Å². The van der Waals surface area contributed by atoms with Gasteiger partial charge in [-0.25, -0.2) is 4.79 Å². The molecule has 0 aromatic heterocycles. The summed E-state index contributed by atoms with van der Waals surface area (Å²) >= 11 is 5.17. The molecule has 1 amide bonds. The van der Waals surface area contributed by atoms with E-state index >= 15 is 0 Å². The van der Waals surface area contributed by atoms with Gasteiger partial charge in [-0.1, -0.05) is 5.92 Å². The van der Waals surface area contributed by atoms with E-state index in [1.807, 2.05) is 0 Å². The summed E-state index contributed by atoms with van der Waals surface area (Å²) < 4.78 is 4.56. The molecule has 0 bridgehead atoms. The van der Waals surface area contributed by atoms with Crippen molar-refractivity contribution in [3.63, 3.8) is 0 Å². The van der Waals surface area contributed by atoms with Crippen LogP contribution >= 0.6 is 11.6 Å². The molecule has 0 radical (unpaired) electrons. The molecular weight excluding hydrogens is 194 g/mol. The Bertz CT molecular complexity index is 246. The average molecular weight is 204 g/mol. The van der Waals surface area contributed by atoms with Crippen molar-refractivity contribution in [2.24, 2.45) is 0 Å². The molecule has 0 saturated heterocycles. The largest absolute Gasteiger partial charge is 0.436 e. The fourth-order valence-corrected chi connectivity index (χ4v) is 0.662. The van der Waals surface area contributed by atoms with E-state index < -0.39 is 17.4 Å². The van der Waals surface area contributed by atoms with E-state index in [2.05, 4.69) is 10.7 Å². The predicted octanol–water partition coefficient (Wildman–Crippen LogP) is 0.842. The molecule has 0 aromatic rings. The fraction of sp³-hybridized carbons (Fsp3) is 0.500. The second-order valence-electron chi connectivity index (χ2n) is 2.35. The van der Waals surface area contributed by atoms with Gasteiger partial charge in [-0.05, 0) is 18.5 Å². The number of likely N-dealkylation sites (N-methyl/N-ethyl adjacent to an activating group) is 1. The highest BCUT2D eigenvalue weighted by Gasteiger charge is 2.21. The summed E-state index contributed by atoms with van der Waals surface area (Å²) in [5.41, 5.74) is 0. The van der Waals surface area contributed by atoms with Gasteiger partial charge in [0.15, 0.2) is 6.61 Å². The van der Waals surface area contributed by atoms with Gasteiger partial charge in [0.1, 0.15) is 6.04 Å². The number of hydrogen-bond donors (Lipinski definition) is 0. The lowest BCUT2D eigenvalue weighted by molar-refractivity contribution is -0.115. The van der Waals surface area contributed by atoms with Crippen LogP contribution in [0.25, 0.3) is 0 Å². The van der Waals surface area contributed by atoms with Crippen molar-refractivity contribution in [3.8, 4) is 12.3 Å². The lowest BCUT2D eigenvalue weighted by atomic mass is 10.3. The molecule has 0 rings (SSSR count). The van der Waals surface area contributed by atoms with E-state index in [1.54, 1.807) is 0 Å². The molecule has 0 fully saturated rings. The number of rotatable bonds is 3. The van der Waals surface area contributed by atoms with Gasteiger partial charge < -0.3 is 9.64 Å². The maximum atomic E-state index is 11.0. The first-order chi connectivity index (χ1) is 6.00. The first kappa shape index (κ1) is 11.8. The van der Waals surface area contributed by atoms with E-state index in [0.717, 1.165) is 4.90 Å². The molecule has 13 heavy (non-hydrogen) atoms. The summed E-state index contributed by atoms with van der Waals surface area (Å²) in [6.45, 7) is 1.37. The molecule has 0 aromatic carbocycles. The van der Waals surface area contributed by atoms with Crippen LogP contribution in [0.15, 0.2) is 0 Å². The predicted molar refractivity (Wildman–Crippen MR) is 48.3 cm³/mol. The topological polar surface area (TPSA) is 46.6 Å². The Morgan fingerprint density at radius 1 is 1.69 bits per heavy atom. The van der Waals surface area contributed by atoms with Gasteiger partial charge in [-0.3, -0.25) is 4.79 Å². The molecule has 0 saturated carbocycles. The van der Waals surface area contributed by atoms with Crippen LogP contribution < -0.4 is 0 Å². The number of ether oxygens (including phenoxy) is 1. The number of hydrogen-bond acceptors (Lipinski definition) is 3. The first-order valence-corrected chi connectivity index (χ1v) is 3.91. The summed E-state index contributed by atoms with van der Waals surface area (Å²) in [7, 11) is 1.41. The van der Waals surface area contributed by atoms with Crippen molar-refractivity contribution in [1.29, 1.82) is 0 Å². The Balaban J connectivity index is 4.11. The van der Waals surface area contributed by atoms with E-state index in [-0.39, 0.29) is 6.61 Å². The van der Waals surface area contributed by atoms with Crippen molar-refractivity contribution in [1.82, 2.24) is 4.90 Å². The van der Waals surface area contributed by atoms with Crippen LogP contribution in [0.3, 0.4) is 0 Å². The number of halogens is 1. The zero-order valence-electron chi connectivity index (χ0n) is 7.41. The van der Waals surface area contributed by atoms with Gasteiger partial charge in [0.2, 0.25) is 5.24 Å². The van der Waals surface area contributed by atoms with Crippen LogP contribution in [0, 0.1) is 12.3 Å². The molecule has 0 aliphatic carbocycles. The molecule has 0 aliphatic rings. The number of nitrogens with zero attached hydrogens (tertiary/aromatic N) is 1. The SMILES string of the molecule is C#CCOC(=O)N(C)[C@@H](C)C(=O)Cl. The zero-order chi connectivity index (χ0) is 10.4. The summed E-state index contributed by atoms with van der Waals surface area (Å²) in [6, 6.07) is -0.716. The van der Waals surface area contributed by atoms with Crippen molar-refractivity contribution in [2.75, 3.05) is 13.7 Å². The minimum Gasteiger partial charge on any atom is -0.436 e. The monoisotopic (exact) mass is 203 g/mol. The Kier molecular flexibility index (Phi) is 4.93. The van der Waals surface area contributed by atoms with Crippen LogP contribution in [0.4, 0.5) is 4.79 Å². The first-order valence-electron chi connectivity index (χ1n) is 3.53. The molecule has 72 valence electrons. The van der Waals surface area contributed by atoms with E-state index in [9.17, 15) is 9.59 Å². The standard InChI is InChI=1S/C8H10ClNO3/c1-4-5-13-8(12)10(3)6(2)7(9)11/h1,6H,5H2,2-3H3/t6-/m0/s1. The van der Waals surface area contributed by atoms with Gasteiger partial charge in [0, 0.05) is 7.05 Å². The molecule has 0 aliphatic heterocycles. The smallest absolute Gasteiger partial charge is 0.411 e. The van der Waals surface area contributed by atoms with Gasteiger partial charge in [0.25, 0.3) is 0 Å². The van der Waals surface area contributed by atoms with Crippen molar-refractivity contribution in [2.45, 2.75) is 13.0 Å². The second-order valence-corrected chi connectivity index (χ2v) is 2.72. The number of carbonyl (C=O) groups is 2. The number of terminal acetylenes is 1. The Morgan fingerprint density at radius 3 is 2.62 bits per heavy atom. The summed E-state index contributed by atoms with van der Waals surface area (Å²) in [4.78, 5) is 22.8. The maximum Gasteiger partial charge on any atom is 0.411 e. The van der Waals surface area contributed by atoms with Crippen LogP contribution in [0.1, 0.15) is 6.92 Å². The highest BCUT2D eigenvalue weighted by molar-refractivity contribution is 6.64. The van der Waals surface area contributed by atoms with Crippen molar-refractivity contribution < 1.29 is 14.3 Å². The molecule has 4 nitrogen and oxygen atoms in total. The average Bonchev–Trinajstić information content (AvgIpc) is 2.11. The lowest BCUT2D eigenvalue weighted by Gasteiger charge is -2.20. The van der Waals surface area contributed by atoms with Crippen LogP contribution in [0.5, 0.6) is 0 Å². The van der Waals surface area contributed by atoms with Gasteiger partial charge in [0.05, 0.1) is 0 Å². The molecule has 0 unspecified atom stereocenters. The Labute approximate surface area is 81.8 Å². The Hall–Kier alpha value is -1.21. The van der Waals surface area contributed by atoms with Crippen LogP contribution in [-0.2, 0) is 9.53 Å². The van der Waals surface area contributed by atoms with Crippen molar-refractivity contribution >= 4 is 22.9 Å². The minimum absolute atomic E-state index is 0.119. The van der Waals surface area contributed by atoms with Gasteiger partial charge >= 0.3 is 6.09 Å². The molecule has 0 spiro atoms. The third-order valence-electron chi connectivity index (χ3n) is 1.48. The third-order valence-corrected chi connectivity index (χ3v) is 1.79. The molecule has 0 heterocycles. The molecule has 1 atom stereocenters. The second kappa shape index (κ2) is 5.44. The maximum absolute atomic E-state index is 11.0. The molecule has 0 N–H and O–H groups in total. The fourth-order valence-electron chi connectivity index (χ4n) is 0.516. The summed E-state index contributed by atoms with van der Waals surface area (Å²) in [6.07, 6.45) is 4.21. The van der Waals surface area contributed by atoms with Gasteiger partial charge in [-0.15, -0.1) is 6.42 Å². The zero-order valence-corrected chi connectivity index (χ0v) is 8.17. The molecular formula is C8H10ClNO3. The number of amides is 1. The normalized spacial score (nSPS) is 11.2. The Morgan fingerprint density at radius 2 is 2.23 bits per heavy atom. The summed E-state index contributed by atoms with van der Waals surface area (Å²) in [5.74, 6) is 2.13. The number of carbonyl (C=O) groups excluding carboxylic acids is 2.